The summed E-state index contributed by atoms with van der Waals surface area (Å²) in [6.07, 6.45) is 5.43. The second-order valence-corrected chi connectivity index (χ2v) is 6.42. The molecule has 3 nitrogen and oxygen atoms in total. The first kappa shape index (κ1) is 16.9. The highest BCUT2D eigenvalue weighted by atomic mass is 15.3. The van der Waals surface area contributed by atoms with E-state index in [9.17, 15) is 0 Å². The molecule has 3 heteroatoms. The van der Waals surface area contributed by atoms with Gasteiger partial charge in [-0.05, 0) is 25.9 Å². The Kier molecular flexibility index (Phi) is 8.67. The molecule has 0 aromatic heterocycles. The molecule has 19 heavy (non-hydrogen) atoms. The van der Waals surface area contributed by atoms with Gasteiger partial charge in [-0.2, -0.15) is 0 Å². The second kappa shape index (κ2) is 9.73. The van der Waals surface area contributed by atoms with Gasteiger partial charge in [0.15, 0.2) is 0 Å². The van der Waals surface area contributed by atoms with Crippen LogP contribution < -0.4 is 5.32 Å². The Morgan fingerprint density at radius 3 is 2.26 bits per heavy atom. The van der Waals surface area contributed by atoms with E-state index in [1.165, 1.54) is 58.4 Å². The van der Waals surface area contributed by atoms with E-state index in [2.05, 4.69) is 42.9 Å². The Morgan fingerprint density at radius 1 is 1.00 bits per heavy atom. The van der Waals surface area contributed by atoms with Gasteiger partial charge in [-0.3, -0.25) is 4.90 Å². The summed E-state index contributed by atoms with van der Waals surface area (Å²) in [7, 11) is 2.23. The highest BCUT2D eigenvalue weighted by molar-refractivity contribution is 4.81. The number of hydrogen-bond acceptors (Lipinski definition) is 3. The van der Waals surface area contributed by atoms with Crippen LogP contribution in [0.2, 0.25) is 0 Å². The van der Waals surface area contributed by atoms with E-state index in [0.29, 0.717) is 6.04 Å². The zero-order chi connectivity index (χ0) is 14.1. The molecule has 0 saturated carbocycles. The second-order valence-electron chi connectivity index (χ2n) is 6.42. The van der Waals surface area contributed by atoms with Crippen molar-refractivity contribution >= 4 is 0 Å². The van der Waals surface area contributed by atoms with E-state index in [0.717, 1.165) is 12.5 Å². The molecule has 1 aliphatic heterocycles. The van der Waals surface area contributed by atoms with Gasteiger partial charge in [0.1, 0.15) is 0 Å². The maximum atomic E-state index is 3.68. The Labute approximate surface area is 120 Å². The normalized spacial score (nSPS) is 20.1. The average Bonchev–Trinajstić information content (AvgIpc) is 2.39. The van der Waals surface area contributed by atoms with Gasteiger partial charge in [-0.25, -0.2) is 0 Å². The highest BCUT2D eigenvalue weighted by Gasteiger charge is 2.24. The summed E-state index contributed by atoms with van der Waals surface area (Å²) in [6.45, 7) is 14.3. The van der Waals surface area contributed by atoms with Crippen LogP contribution in [0.4, 0.5) is 0 Å². The first-order valence-electron chi connectivity index (χ1n) is 8.28. The molecule has 1 fully saturated rings. The standard InChI is InChI=1S/C16H35N3/c1-5-6-7-8-9-17-14-16(15(2)3)19-12-10-18(4)11-13-19/h15-17H,5-14H2,1-4H3. The summed E-state index contributed by atoms with van der Waals surface area (Å²) in [4.78, 5) is 5.12. The first-order chi connectivity index (χ1) is 9.15. The lowest BCUT2D eigenvalue weighted by Crippen LogP contribution is -2.53. The highest BCUT2D eigenvalue weighted by Crippen LogP contribution is 2.12. The van der Waals surface area contributed by atoms with E-state index in [4.69, 9.17) is 0 Å². The zero-order valence-corrected chi connectivity index (χ0v) is 13.6. The lowest BCUT2D eigenvalue weighted by Gasteiger charge is -2.40. The molecule has 1 aliphatic rings. The molecule has 0 aromatic carbocycles. The van der Waals surface area contributed by atoms with Crippen LogP contribution in [0.15, 0.2) is 0 Å². The summed E-state index contributed by atoms with van der Waals surface area (Å²) in [6, 6.07) is 0.708. The van der Waals surface area contributed by atoms with Gasteiger partial charge in [0.2, 0.25) is 0 Å². The Hall–Kier alpha value is -0.120. The first-order valence-corrected chi connectivity index (χ1v) is 8.28. The minimum atomic E-state index is 0.708. The summed E-state index contributed by atoms with van der Waals surface area (Å²) in [5, 5.41) is 3.68. The van der Waals surface area contributed by atoms with Crippen LogP contribution in [0.5, 0.6) is 0 Å². The largest absolute Gasteiger partial charge is 0.315 e. The fraction of sp³-hybridized carbons (Fsp3) is 1.00. The molecular formula is C16H35N3. The molecular weight excluding hydrogens is 234 g/mol. The molecule has 1 atom stereocenters. The Morgan fingerprint density at radius 2 is 1.68 bits per heavy atom. The minimum absolute atomic E-state index is 0.708. The fourth-order valence-electron chi connectivity index (χ4n) is 2.87. The third-order valence-corrected chi connectivity index (χ3v) is 4.34. The smallest absolute Gasteiger partial charge is 0.0244 e. The summed E-state index contributed by atoms with van der Waals surface area (Å²) < 4.78 is 0. The third-order valence-electron chi connectivity index (χ3n) is 4.34. The van der Waals surface area contributed by atoms with Gasteiger partial charge in [-0.15, -0.1) is 0 Å². The quantitative estimate of drug-likeness (QED) is 0.649. The molecule has 0 aliphatic carbocycles. The zero-order valence-electron chi connectivity index (χ0n) is 13.6. The van der Waals surface area contributed by atoms with Crippen LogP contribution in [0.25, 0.3) is 0 Å². The number of nitrogens with zero attached hydrogens (tertiary/aromatic N) is 2. The van der Waals surface area contributed by atoms with Gasteiger partial charge in [0.05, 0.1) is 0 Å². The molecule has 0 aromatic rings. The maximum absolute atomic E-state index is 3.68. The Balaban J connectivity index is 2.21. The van der Waals surface area contributed by atoms with Crippen molar-refractivity contribution in [3.63, 3.8) is 0 Å². The monoisotopic (exact) mass is 269 g/mol. The molecule has 1 rings (SSSR count). The van der Waals surface area contributed by atoms with E-state index >= 15 is 0 Å². The van der Waals surface area contributed by atoms with Gasteiger partial charge in [-0.1, -0.05) is 40.0 Å². The van der Waals surface area contributed by atoms with Crippen LogP contribution in [-0.2, 0) is 0 Å². The van der Waals surface area contributed by atoms with Crippen LogP contribution in [0.3, 0.4) is 0 Å². The van der Waals surface area contributed by atoms with Crippen molar-refractivity contribution in [1.29, 1.82) is 0 Å². The number of likely N-dealkylation sites (N-methyl/N-ethyl adjacent to an activating group) is 1. The van der Waals surface area contributed by atoms with Crippen LogP contribution >= 0.6 is 0 Å². The van der Waals surface area contributed by atoms with Crippen LogP contribution in [-0.4, -0.2) is 62.2 Å². The molecule has 0 amide bonds. The van der Waals surface area contributed by atoms with E-state index in [1.807, 2.05) is 0 Å². The fourth-order valence-corrected chi connectivity index (χ4v) is 2.87. The lowest BCUT2D eigenvalue weighted by molar-refractivity contribution is 0.0877. The average molecular weight is 269 g/mol. The van der Waals surface area contributed by atoms with Gasteiger partial charge < -0.3 is 10.2 Å². The number of rotatable bonds is 9. The summed E-state index contributed by atoms with van der Waals surface area (Å²) in [5.74, 6) is 0.742. The van der Waals surface area contributed by atoms with Crippen molar-refractivity contribution in [1.82, 2.24) is 15.1 Å². The molecule has 1 saturated heterocycles. The predicted octanol–water partition coefficient (Wildman–Crippen LogP) is 2.43. The third kappa shape index (κ3) is 6.73. The van der Waals surface area contributed by atoms with E-state index < -0.39 is 0 Å². The van der Waals surface area contributed by atoms with Gasteiger partial charge in [0.25, 0.3) is 0 Å². The van der Waals surface area contributed by atoms with Crippen LogP contribution in [0.1, 0.15) is 46.5 Å². The van der Waals surface area contributed by atoms with Gasteiger partial charge in [0, 0.05) is 38.8 Å². The predicted molar refractivity (Wildman–Crippen MR) is 84.7 cm³/mol. The van der Waals surface area contributed by atoms with Crippen molar-refractivity contribution in [2.45, 2.75) is 52.5 Å². The summed E-state index contributed by atoms with van der Waals surface area (Å²) >= 11 is 0. The van der Waals surface area contributed by atoms with Crippen molar-refractivity contribution in [3.05, 3.63) is 0 Å². The van der Waals surface area contributed by atoms with Crippen molar-refractivity contribution in [3.8, 4) is 0 Å². The van der Waals surface area contributed by atoms with Crippen molar-refractivity contribution < 1.29 is 0 Å². The number of piperazine rings is 1. The summed E-state index contributed by atoms with van der Waals surface area (Å²) in [5.41, 5.74) is 0. The van der Waals surface area contributed by atoms with Crippen LogP contribution in [0, 0.1) is 5.92 Å². The van der Waals surface area contributed by atoms with Crippen molar-refractivity contribution in [2.75, 3.05) is 46.3 Å². The molecule has 0 radical (unpaired) electrons. The molecule has 1 unspecified atom stereocenters. The molecule has 0 spiro atoms. The SMILES string of the molecule is CCCCCCNCC(C(C)C)N1CCN(C)CC1. The number of nitrogens with one attached hydrogen (secondary N) is 1. The topological polar surface area (TPSA) is 18.5 Å². The van der Waals surface area contributed by atoms with Crippen molar-refractivity contribution in [2.24, 2.45) is 5.92 Å². The molecule has 1 N–H and O–H groups in total. The Bertz CT molecular complexity index is 210. The lowest BCUT2D eigenvalue weighted by atomic mass is 10.0. The number of hydrogen-bond donors (Lipinski definition) is 1. The molecule has 1 heterocycles. The molecule has 114 valence electrons. The maximum Gasteiger partial charge on any atom is 0.0244 e. The van der Waals surface area contributed by atoms with E-state index in [1.54, 1.807) is 0 Å². The number of unbranched alkanes of at least 4 members (excludes halogenated alkanes) is 3. The molecule has 0 bridgehead atoms. The van der Waals surface area contributed by atoms with Gasteiger partial charge >= 0.3 is 0 Å². The van der Waals surface area contributed by atoms with E-state index in [-0.39, 0.29) is 0 Å². The minimum Gasteiger partial charge on any atom is -0.315 e.